The average Bonchev–Trinajstić information content (AvgIpc) is 3.40. The predicted molar refractivity (Wildman–Crippen MR) is 106 cm³/mol. The summed E-state index contributed by atoms with van der Waals surface area (Å²) in [4.78, 5) is 4.27. The number of piperidine rings is 1. The SMILES string of the molecule is COc1ccc(F)cc1S(=O)(=O)N1CCC[C@H](Cc2nc(-c3ccsc3)no2)C1. The average molecular weight is 438 g/mol. The molecule has 4 rings (SSSR count). The highest BCUT2D eigenvalue weighted by atomic mass is 32.2. The van der Waals surface area contributed by atoms with Gasteiger partial charge >= 0.3 is 0 Å². The van der Waals surface area contributed by atoms with Gasteiger partial charge in [-0.2, -0.15) is 20.6 Å². The second-order valence-corrected chi connectivity index (χ2v) is 9.58. The Kier molecular flexibility index (Phi) is 5.66. The van der Waals surface area contributed by atoms with Crippen LogP contribution in [-0.2, 0) is 16.4 Å². The van der Waals surface area contributed by atoms with Crippen molar-refractivity contribution in [3.05, 3.63) is 46.7 Å². The highest BCUT2D eigenvalue weighted by molar-refractivity contribution is 7.89. The first-order valence-electron chi connectivity index (χ1n) is 9.16. The van der Waals surface area contributed by atoms with Crippen LogP contribution in [0.15, 0.2) is 44.4 Å². The lowest BCUT2D eigenvalue weighted by Gasteiger charge is -2.31. The number of thiophene rings is 1. The lowest BCUT2D eigenvalue weighted by atomic mass is 9.96. The Morgan fingerprint density at radius 2 is 2.24 bits per heavy atom. The quantitative estimate of drug-likeness (QED) is 0.586. The first-order chi connectivity index (χ1) is 14.0. The van der Waals surface area contributed by atoms with Crippen molar-refractivity contribution in [2.75, 3.05) is 20.2 Å². The van der Waals surface area contributed by atoms with E-state index in [0.29, 0.717) is 37.6 Å². The van der Waals surface area contributed by atoms with Crippen molar-refractivity contribution in [1.29, 1.82) is 0 Å². The Labute approximate surface area is 172 Å². The lowest BCUT2D eigenvalue weighted by molar-refractivity contribution is 0.246. The van der Waals surface area contributed by atoms with E-state index in [9.17, 15) is 12.8 Å². The summed E-state index contributed by atoms with van der Waals surface area (Å²) in [5.74, 6) is 0.564. The molecule has 29 heavy (non-hydrogen) atoms. The number of rotatable bonds is 6. The van der Waals surface area contributed by atoms with Gasteiger partial charge in [0.15, 0.2) is 0 Å². The Hall–Kier alpha value is -2.30. The van der Waals surface area contributed by atoms with E-state index in [1.807, 2.05) is 16.8 Å². The number of aromatic nitrogens is 2. The van der Waals surface area contributed by atoms with E-state index < -0.39 is 15.8 Å². The van der Waals surface area contributed by atoms with Crippen molar-refractivity contribution in [3.8, 4) is 17.1 Å². The van der Waals surface area contributed by atoms with Crippen molar-refractivity contribution in [2.24, 2.45) is 5.92 Å². The Bertz CT molecular complexity index is 1080. The van der Waals surface area contributed by atoms with Gasteiger partial charge in [-0.05, 0) is 48.4 Å². The maximum Gasteiger partial charge on any atom is 0.246 e. The Balaban J connectivity index is 1.50. The van der Waals surface area contributed by atoms with Gasteiger partial charge in [0.25, 0.3) is 0 Å². The third-order valence-corrected chi connectivity index (χ3v) is 7.51. The van der Waals surface area contributed by atoms with Crippen LogP contribution >= 0.6 is 11.3 Å². The number of nitrogens with zero attached hydrogens (tertiary/aromatic N) is 3. The summed E-state index contributed by atoms with van der Waals surface area (Å²) in [5.41, 5.74) is 0.899. The molecule has 1 aromatic carbocycles. The Morgan fingerprint density at radius 1 is 1.38 bits per heavy atom. The van der Waals surface area contributed by atoms with Crippen LogP contribution in [0.3, 0.4) is 0 Å². The minimum absolute atomic E-state index is 0.0360. The highest BCUT2D eigenvalue weighted by Gasteiger charge is 2.33. The van der Waals surface area contributed by atoms with Crippen LogP contribution in [0, 0.1) is 11.7 Å². The summed E-state index contributed by atoms with van der Waals surface area (Å²) in [7, 11) is -2.51. The van der Waals surface area contributed by atoms with Gasteiger partial charge in [-0.1, -0.05) is 5.16 Å². The zero-order chi connectivity index (χ0) is 20.4. The molecule has 0 aliphatic carbocycles. The van der Waals surface area contributed by atoms with Gasteiger partial charge in [0.1, 0.15) is 16.5 Å². The van der Waals surface area contributed by atoms with Crippen molar-refractivity contribution in [1.82, 2.24) is 14.4 Å². The van der Waals surface area contributed by atoms with Crippen LogP contribution in [0.4, 0.5) is 4.39 Å². The molecule has 1 aliphatic rings. The molecule has 1 fully saturated rings. The molecule has 0 spiro atoms. The number of halogens is 1. The first-order valence-corrected chi connectivity index (χ1v) is 11.5. The number of sulfonamides is 1. The Morgan fingerprint density at radius 3 is 3.00 bits per heavy atom. The smallest absolute Gasteiger partial charge is 0.246 e. The van der Waals surface area contributed by atoms with Crippen LogP contribution in [0.5, 0.6) is 5.75 Å². The summed E-state index contributed by atoms with van der Waals surface area (Å²) in [5, 5.41) is 7.88. The van der Waals surface area contributed by atoms with E-state index in [1.54, 1.807) is 11.3 Å². The van der Waals surface area contributed by atoms with Crippen molar-refractivity contribution in [3.63, 3.8) is 0 Å². The van der Waals surface area contributed by atoms with Crippen molar-refractivity contribution >= 4 is 21.4 Å². The van der Waals surface area contributed by atoms with Crippen LogP contribution in [0.25, 0.3) is 11.4 Å². The van der Waals surface area contributed by atoms with Gasteiger partial charge in [-0.3, -0.25) is 0 Å². The third-order valence-electron chi connectivity index (χ3n) is 4.94. The molecule has 0 N–H and O–H groups in total. The topological polar surface area (TPSA) is 85.5 Å². The van der Waals surface area contributed by atoms with Gasteiger partial charge < -0.3 is 9.26 Å². The van der Waals surface area contributed by atoms with E-state index in [2.05, 4.69) is 10.1 Å². The largest absolute Gasteiger partial charge is 0.495 e. The van der Waals surface area contributed by atoms with E-state index in [0.717, 1.165) is 18.1 Å². The zero-order valence-corrected chi connectivity index (χ0v) is 17.4. The first kappa shape index (κ1) is 20.0. The zero-order valence-electron chi connectivity index (χ0n) is 15.7. The van der Waals surface area contributed by atoms with Crippen LogP contribution in [-0.4, -0.2) is 43.1 Å². The monoisotopic (exact) mass is 437 g/mol. The van der Waals surface area contributed by atoms with E-state index in [1.165, 1.54) is 23.5 Å². The molecule has 1 aliphatic heterocycles. The second kappa shape index (κ2) is 8.21. The molecule has 1 saturated heterocycles. The molecule has 0 amide bonds. The maximum atomic E-state index is 13.7. The summed E-state index contributed by atoms with van der Waals surface area (Å²) < 4.78 is 51.8. The molecule has 10 heteroatoms. The number of ether oxygens (including phenoxy) is 1. The molecule has 0 saturated carbocycles. The van der Waals surface area contributed by atoms with Crippen molar-refractivity contribution < 1.29 is 22.1 Å². The second-order valence-electron chi connectivity index (χ2n) is 6.89. The fraction of sp³-hybridized carbons (Fsp3) is 0.368. The minimum Gasteiger partial charge on any atom is -0.495 e. The van der Waals surface area contributed by atoms with Gasteiger partial charge in [0.05, 0.1) is 7.11 Å². The lowest BCUT2D eigenvalue weighted by Crippen LogP contribution is -2.40. The molecule has 154 valence electrons. The van der Waals surface area contributed by atoms with E-state index >= 15 is 0 Å². The molecule has 3 aromatic rings. The molecule has 1 atom stereocenters. The number of hydrogen-bond acceptors (Lipinski definition) is 7. The molecule has 2 aromatic heterocycles. The molecule has 3 heterocycles. The number of benzene rings is 1. The molecule has 7 nitrogen and oxygen atoms in total. The summed E-state index contributed by atoms with van der Waals surface area (Å²) in [6.45, 7) is 0.681. The fourth-order valence-electron chi connectivity index (χ4n) is 3.50. The van der Waals surface area contributed by atoms with Gasteiger partial charge in [-0.15, -0.1) is 0 Å². The van der Waals surface area contributed by atoms with Gasteiger partial charge in [-0.25, -0.2) is 12.8 Å². The summed E-state index contributed by atoms with van der Waals surface area (Å²) >= 11 is 1.55. The van der Waals surface area contributed by atoms with Crippen LogP contribution in [0.1, 0.15) is 18.7 Å². The maximum absolute atomic E-state index is 13.7. The predicted octanol–water partition coefficient (Wildman–Crippen LogP) is 3.59. The van der Waals surface area contributed by atoms with Crippen LogP contribution in [0.2, 0.25) is 0 Å². The number of hydrogen-bond donors (Lipinski definition) is 0. The minimum atomic E-state index is -3.88. The molecule has 0 radical (unpaired) electrons. The van der Waals surface area contributed by atoms with Gasteiger partial charge in [0, 0.05) is 30.5 Å². The van der Waals surface area contributed by atoms with Crippen molar-refractivity contribution in [2.45, 2.75) is 24.2 Å². The standard InChI is InChI=1S/C19H20FN3O4S2/c1-26-16-5-4-15(20)10-17(16)29(24,25)23-7-2-3-13(11-23)9-18-21-19(22-27-18)14-6-8-28-12-14/h4-6,8,10,12-13H,2-3,7,9,11H2,1H3/t13-/m1/s1. The van der Waals surface area contributed by atoms with E-state index in [4.69, 9.17) is 9.26 Å². The normalized spacial score (nSPS) is 18.1. The van der Waals surface area contributed by atoms with E-state index in [-0.39, 0.29) is 16.6 Å². The summed E-state index contributed by atoms with van der Waals surface area (Å²) in [6, 6.07) is 5.43. The fourth-order valence-corrected chi connectivity index (χ4v) is 5.85. The molecular weight excluding hydrogens is 417 g/mol. The highest BCUT2D eigenvalue weighted by Crippen LogP contribution is 2.31. The molecular formula is C19H20FN3O4S2. The number of methoxy groups -OCH3 is 1. The third kappa shape index (κ3) is 4.19. The molecule has 0 unspecified atom stereocenters. The summed E-state index contributed by atoms with van der Waals surface area (Å²) in [6.07, 6.45) is 2.04. The van der Waals surface area contributed by atoms with Gasteiger partial charge in [0.2, 0.25) is 21.7 Å². The molecule has 0 bridgehead atoms. The van der Waals surface area contributed by atoms with Crippen LogP contribution < -0.4 is 4.74 Å².